The van der Waals surface area contributed by atoms with E-state index in [2.05, 4.69) is 53.0 Å². The van der Waals surface area contributed by atoms with Crippen LogP contribution in [0.3, 0.4) is 0 Å². The summed E-state index contributed by atoms with van der Waals surface area (Å²) in [5.41, 5.74) is 2.42. The second kappa shape index (κ2) is 5.95. The zero-order chi connectivity index (χ0) is 14.0. The predicted octanol–water partition coefficient (Wildman–Crippen LogP) is 3.84. The summed E-state index contributed by atoms with van der Waals surface area (Å²) in [7, 11) is 2.10. The van der Waals surface area contributed by atoms with Crippen LogP contribution in [0.1, 0.15) is 31.2 Å². The van der Waals surface area contributed by atoms with Crippen LogP contribution in [0.15, 0.2) is 22.7 Å². The SMILES string of the molecule is Cc1ccc(N(C)C2CCC(C(=O)O)CC2)cc1Br. The zero-order valence-corrected chi connectivity index (χ0v) is 13.0. The molecule has 104 valence electrons. The molecule has 0 radical (unpaired) electrons. The number of hydrogen-bond donors (Lipinski definition) is 1. The highest BCUT2D eigenvalue weighted by Crippen LogP contribution is 2.31. The topological polar surface area (TPSA) is 40.5 Å². The molecule has 2 rings (SSSR count). The number of hydrogen-bond acceptors (Lipinski definition) is 2. The molecule has 1 aromatic rings. The molecule has 4 heteroatoms. The van der Waals surface area contributed by atoms with Gasteiger partial charge in [0.15, 0.2) is 0 Å². The number of aryl methyl sites for hydroxylation is 1. The van der Waals surface area contributed by atoms with Crippen LogP contribution >= 0.6 is 15.9 Å². The number of halogens is 1. The molecule has 0 bridgehead atoms. The van der Waals surface area contributed by atoms with Gasteiger partial charge in [-0.25, -0.2) is 0 Å². The Labute approximate surface area is 122 Å². The van der Waals surface area contributed by atoms with Gasteiger partial charge < -0.3 is 10.0 Å². The minimum atomic E-state index is -0.640. The Kier molecular flexibility index (Phi) is 4.50. The van der Waals surface area contributed by atoms with Gasteiger partial charge in [-0.1, -0.05) is 22.0 Å². The maximum atomic E-state index is 11.0. The molecule has 0 spiro atoms. The van der Waals surface area contributed by atoms with Crippen molar-refractivity contribution in [2.75, 3.05) is 11.9 Å². The van der Waals surface area contributed by atoms with Gasteiger partial charge in [0.05, 0.1) is 5.92 Å². The Morgan fingerprint density at radius 1 is 1.32 bits per heavy atom. The molecule has 0 aromatic heterocycles. The van der Waals surface area contributed by atoms with E-state index >= 15 is 0 Å². The molecule has 1 aliphatic rings. The Balaban J connectivity index is 2.02. The monoisotopic (exact) mass is 325 g/mol. The standard InChI is InChI=1S/C15H20BrNO2/c1-10-3-6-13(9-14(10)16)17(2)12-7-4-11(5-8-12)15(18)19/h3,6,9,11-12H,4-5,7-8H2,1-2H3,(H,18,19). The van der Waals surface area contributed by atoms with E-state index in [9.17, 15) is 4.79 Å². The van der Waals surface area contributed by atoms with E-state index in [1.54, 1.807) is 0 Å². The summed E-state index contributed by atoms with van der Waals surface area (Å²) in [4.78, 5) is 13.2. The van der Waals surface area contributed by atoms with Gasteiger partial charge in [0, 0.05) is 23.2 Å². The van der Waals surface area contributed by atoms with E-state index in [4.69, 9.17) is 5.11 Å². The summed E-state index contributed by atoms with van der Waals surface area (Å²) < 4.78 is 1.12. The summed E-state index contributed by atoms with van der Waals surface area (Å²) in [6.45, 7) is 2.08. The average Bonchev–Trinajstić information content (AvgIpc) is 2.41. The molecule has 1 aliphatic carbocycles. The lowest BCUT2D eigenvalue weighted by molar-refractivity contribution is -0.142. The minimum absolute atomic E-state index is 0.144. The highest BCUT2D eigenvalue weighted by Gasteiger charge is 2.28. The van der Waals surface area contributed by atoms with Crippen molar-refractivity contribution < 1.29 is 9.90 Å². The molecular weight excluding hydrogens is 306 g/mol. The first-order chi connectivity index (χ1) is 8.99. The number of rotatable bonds is 3. The largest absolute Gasteiger partial charge is 0.481 e. The molecule has 0 unspecified atom stereocenters. The molecule has 0 heterocycles. The molecular formula is C15H20BrNO2. The molecule has 1 saturated carbocycles. The smallest absolute Gasteiger partial charge is 0.306 e. The second-order valence-corrected chi connectivity index (χ2v) is 6.24. The first-order valence-corrected chi connectivity index (χ1v) is 7.50. The highest BCUT2D eigenvalue weighted by molar-refractivity contribution is 9.10. The molecule has 0 amide bonds. The quantitative estimate of drug-likeness (QED) is 0.917. The summed E-state index contributed by atoms with van der Waals surface area (Å²) in [6, 6.07) is 6.83. The number of carboxylic acids is 1. The van der Waals surface area contributed by atoms with E-state index in [0.717, 1.165) is 30.2 Å². The number of carbonyl (C=O) groups is 1. The molecule has 0 atom stereocenters. The van der Waals surface area contributed by atoms with E-state index in [0.29, 0.717) is 6.04 Å². The normalized spacial score (nSPS) is 23.1. The number of nitrogens with zero attached hydrogens (tertiary/aromatic N) is 1. The van der Waals surface area contributed by atoms with Crippen molar-refractivity contribution in [1.82, 2.24) is 0 Å². The van der Waals surface area contributed by atoms with Gasteiger partial charge in [0.25, 0.3) is 0 Å². The fourth-order valence-corrected chi connectivity index (χ4v) is 3.09. The van der Waals surface area contributed by atoms with Crippen molar-refractivity contribution in [2.45, 2.75) is 38.6 Å². The molecule has 0 saturated heterocycles. The fraction of sp³-hybridized carbons (Fsp3) is 0.533. The summed E-state index contributed by atoms with van der Waals surface area (Å²) in [6.07, 6.45) is 3.49. The van der Waals surface area contributed by atoms with Gasteiger partial charge in [0.1, 0.15) is 0 Å². The number of anilines is 1. The zero-order valence-electron chi connectivity index (χ0n) is 11.4. The number of carboxylic acid groups (broad SMARTS) is 1. The lowest BCUT2D eigenvalue weighted by Crippen LogP contribution is -2.36. The van der Waals surface area contributed by atoms with Gasteiger partial charge in [-0.15, -0.1) is 0 Å². The van der Waals surface area contributed by atoms with Gasteiger partial charge in [-0.3, -0.25) is 4.79 Å². The van der Waals surface area contributed by atoms with Crippen molar-refractivity contribution >= 4 is 27.6 Å². The molecule has 1 N–H and O–H groups in total. The fourth-order valence-electron chi connectivity index (χ4n) is 2.72. The van der Waals surface area contributed by atoms with Crippen LogP contribution in [-0.2, 0) is 4.79 Å². The third-order valence-corrected chi connectivity index (χ3v) is 5.01. The Bertz CT molecular complexity index is 467. The van der Waals surface area contributed by atoms with E-state index in [1.807, 2.05) is 0 Å². The van der Waals surface area contributed by atoms with Crippen LogP contribution in [0.2, 0.25) is 0 Å². The summed E-state index contributed by atoms with van der Waals surface area (Å²) >= 11 is 3.56. The third kappa shape index (κ3) is 3.30. The second-order valence-electron chi connectivity index (χ2n) is 5.39. The first kappa shape index (κ1) is 14.4. The van der Waals surface area contributed by atoms with Crippen molar-refractivity contribution in [1.29, 1.82) is 0 Å². The summed E-state index contributed by atoms with van der Waals surface area (Å²) in [5.74, 6) is -0.784. The lowest BCUT2D eigenvalue weighted by Gasteiger charge is -2.35. The number of benzene rings is 1. The van der Waals surface area contributed by atoms with Gasteiger partial charge in [-0.2, -0.15) is 0 Å². The average molecular weight is 326 g/mol. The van der Waals surface area contributed by atoms with Crippen molar-refractivity contribution in [3.8, 4) is 0 Å². The molecule has 1 fully saturated rings. The maximum absolute atomic E-state index is 11.0. The predicted molar refractivity (Wildman–Crippen MR) is 80.7 cm³/mol. The van der Waals surface area contributed by atoms with Crippen LogP contribution < -0.4 is 4.90 Å². The Hall–Kier alpha value is -1.03. The van der Waals surface area contributed by atoms with Crippen LogP contribution in [0.25, 0.3) is 0 Å². The van der Waals surface area contributed by atoms with Crippen molar-refractivity contribution in [3.05, 3.63) is 28.2 Å². The third-order valence-electron chi connectivity index (χ3n) is 4.16. The Morgan fingerprint density at radius 3 is 2.47 bits per heavy atom. The summed E-state index contributed by atoms with van der Waals surface area (Å²) in [5, 5.41) is 9.03. The van der Waals surface area contributed by atoms with Crippen molar-refractivity contribution in [3.63, 3.8) is 0 Å². The van der Waals surface area contributed by atoms with E-state index in [-0.39, 0.29) is 5.92 Å². The van der Waals surface area contributed by atoms with Gasteiger partial charge in [-0.05, 0) is 50.3 Å². The minimum Gasteiger partial charge on any atom is -0.481 e. The van der Waals surface area contributed by atoms with Gasteiger partial charge >= 0.3 is 5.97 Å². The molecule has 3 nitrogen and oxygen atoms in total. The van der Waals surface area contributed by atoms with E-state index in [1.165, 1.54) is 11.3 Å². The highest BCUT2D eigenvalue weighted by atomic mass is 79.9. The van der Waals surface area contributed by atoms with Crippen LogP contribution in [0.4, 0.5) is 5.69 Å². The number of aliphatic carboxylic acids is 1. The van der Waals surface area contributed by atoms with Crippen LogP contribution in [0, 0.1) is 12.8 Å². The maximum Gasteiger partial charge on any atom is 0.306 e. The van der Waals surface area contributed by atoms with Crippen molar-refractivity contribution in [2.24, 2.45) is 5.92 Å². The van der Waals surface area contributed by atoms with Gasteiger partial charge in [0.2, 0.25) is 0 Å². The Morgan fingerprint density at radius 2 is 1.95 bits per heavy atom. The van der Waals surface area contributed by atoms with E-state index < -0.39 is 5.97 Å². The lowest BCUT2D eigenvalue weighted by atomic mass is 9.85. The molecule has 1 aromatic carbocycles. The first-order valence-electron chi connectivity index (χ1n) is 6.71. The van der Waals surface area contributed by atoms with Crippen LogP contribution in [0.5, 0.6) is 0 Å². The van der Waals surface area contributed by atoms with Crippen LogP contribution in [-0.4, -0.2) is 24.2 Å². The molecule has 0 aliphatic heterocycles. The molecule has 19 heavy (non-hydrogen) atoms.